The molecule has 8 nitrogen and oxygen atoms in total. The number of nitrogens with one attached hydrogen (secondary N) is 1. The molecule has 12 heteroatoms. The Bertz CT molecular complexity index is 1350. The van der Waals surface area contributed by atoms with Crippen molar-refractivity contribution in [1.29, 1.82) is 0 Å². The van der Waals surface area contributed by atoms with E-state index in [-0.39, 0.29) is 36.0 Å². The molecule has 2 amide bonds. The summed E-state index contributed by atoms with van der Waals surface area (Å²) in [5.74, 6) is -1.24. The van der Waals surface area contributed by atoms with Crippen molar-refractivity contribution in [3.8, 4) is 11.3 Å². The van der Waals surface area contributed by atoms with Gasteiger partial charge in [-0.1, -0.05) is 12.1 Å². The average molecular weight is 517 g/mol. The molecule has 2 aromatic heterocycles. The van der Waals surface area contributed by atoms with Crippen molar-refractivity contribution >= 4 is 45.8 Å². The highest BCUT2D eigenvalue weighted by atomic mass is 32.1. The van der Waals surface area contributed by atoms with E-state index in [0.717, 1.165) is 30.4 Å². The predicted octanol–water partition coefficient (Wildman–Crippen LogP) is 5.28. The smallest absolute Gasteiger partial charge is 0.417 e. The fourth-order valence-corrected chi connectivity index (χ4v) is 5.09. The second kappa shape index (κ2) is 9.01. The highest BCUT2D eigenvalue weighted by Crippen LogP contribution is 2.49. The Morgan fingerprint density at radius 2 is 1.81 bits per heavy atom. The number of nitrogens with zero attached hydrogens (tertiary/aromatic N) is 3. The number of imide groups is 1. The van der Waals surface area contributed by atoms with E-state index in [4.69, 9.17) is 0 Å². The molecule has 1 aromatic carbocycles. The van der Waals surface area contributed by atoms with E-state index < -0.39 is 17.7 Å². The van der Waals surface area contributed by atoms with E-state index in [2.05, 4.69) is 20.0 Å². The number of hydrogen-bond acceptors (Lipinski definition) is 8. The molecule has 0 unspecified atom stereocenters. The molecule has 1 saturated heterocycles. The summed E-state index contributed by atoms with van der Waals surface area (Å²) in [6, 6.07) is 7.61. The van der Waals surface area contributed by atoms with Gasteiger partial charge in [0, 0.05) is 29.5 Å². The minimum atomic E-state index is -4.67. The van der Waals surface area contributed by atoms with Crippen molar-refractivity contribution in [2.75, 3.05) is 17.3 Å². The number of carbonyl (C=O) groups is 3. The summed E-state index contributed by atoms with van der Waals surface area (Å²) in [4.78, 5) is 46.8. The number of ether oxygens (including phenoxy) is 1. The zero-order valence-electron chi connectivity index (χ0n) is 18.9. The number of alkyl halides is 3. The van der Waals surface area contributed by atoms with Gasteiger partial charge in [-0.2, -0.15) is 13.2 Å². The molecular weight excluding hydrogens is 497 g/mol. The van der Waals surface area contributed by atoms with Crippen LogP contribution in [0.1, 0.15) is 52.4 Å². The summed E-state index contributed by atoms with van der Waals surface area (Å²) in [5, 5.41) is 3.24. The van der Waals surface area contributed by atoms with E-state index in [1.807, 2.05) is 0 Å². The first-order valence-corrected chi connectivity index (χ1v) is 11.9. The maximum atomic E-state index is 13.1. The minimum absolute atomic E-state index is 0.0982. The summed E-state index contributed by atoms with van der Waals surface area (Å²) in [6.07, 6.45) is -1.67. The van der Waals surface area contributed by atoms with E-state index in [1.165, 1.54) is 16.2 Å². The van der Waals surface area contributed by atoms with Gasteiger partial charge in [0.2, 0.25) is 11.8 Å². The molecule has 1 saturated carbocycles. The lowest BCUT2D eigenvalue weighted by Crippen LogP contribution is -2.28. The summed E-state index contributed by atoms with van der Waals surface area (Å²) >= 11 is 1.33. The third kappa shape index (κ3) is 4.55. The molecule has 0 atom stereocenters. The van der Waals surface area contributed by atoms with Crippen molar-refractivity contribution in [3.63, 3.8) is 0 Å². The van der Waals surface area contributed by atoms with Gasteiger partial charge in [0.1, 0.15) is 11.4 Å². The Hall–Kier alpha value is -3.80. The number of benzene rings is 1. The topological polar surface area (TPSA) is 101 Å². The number of methoxy groups -OCH3 is 1. The van der Waals surface area contributed by atoms with E-state index >= 15 is 0 Å². The number of carbonyl (C=O) groups excluding carboxylic acids is 3. The number of amides is 2. The predicted molar refractivity (Wildman–Crippen MR) is 125 cm³/mol. The molecule has 0 radical (unpaired) electrons. The van der Waals surface area contributed by atoms with Gasteiger partial charge in [0.05, 0.1) is 24.1 Å². The molecule has 186 valence electrons. The summed E-state index contributed by atoms with van der Waals surface area (Å²) in [6.45, 7) is 0. The third-order valence-corrected chi connectivity index (χ3v) is 7.03. The molecule has 1 N–H and O–H groups in total. The first-order valence-electron chi connectivity index (χ1n) is 11.0. The lowest BCUT2D eigenvalue weighted by molar-refractivity contribution is -0.137. The maximum absolute atomic E-state index is 13.1. The van der Waals surface area contributed by atoms with Crippen molar-refractivity contribution < 1.29 is 32.3 Å². The van der Waals surface area contributed by atoms with Gasteiger partial charge in [-0.3, -0.25) is 14.5 Å². The van der Waals surface area contributed by atoms with Gasteiger partial charge in [-0.05, 0) is 37.0 Å². The quantitative estimate of drug-likeness (QED) is 0.351. The number of anilines is 3. The molecule has 2 aliphatic rings. The van der Waals surface area contributed by atoms with E-state index in [1.54, 1.807) is 24.3 Å². The van der Waals surface area contributed by atoms with Crippen molar-refractivity contribution in [2.24, 2.45) is 0 Å². The van der Waals surface area contributed by atoms with Gasteiger partial charge in [0.25, 0.3) is 0 Å². The van der Waals surface area contributed by atoms with E-state index in [0.29, 0.717) is 34.7 Å². The van der Waals surface area contributed by atoms with Crippen LogP contribution in [0.25, 0.3) is 11.3 Å². The minimum Gasteiger partial charge on any atom is -0.465 e. The Kier molecular flexibility index (Phi) is 5.99. The van der Waals surface area contributed by atoms with Gasteiger partial charge >= 0.3 is 12.1 Å². The number of hydrogen-bond donors (Lipinski definition) is 1. The largest absolute Gasteiger partial charge is 0.465 e. The van der Waals surface area contributed by atoms with Gasteiger partial charge in [-0.25, -0.2) is 14.8 Å². The van der Waals surface area contributed by atoms with Crippen LogP contribution in [-0.2, 0) is 20.5 Å². The van der Waals surface area contributed by atoms with Crippen LogP contribution in [0.5, 0.6) is 0 Å². The van der Waals surface area contributed by atoms with Crippen LogP contribution < -0.4 is 10.2 Å². The molecule has 2 fully saturated rings. The highest BCUT2D eigenvalue weighted by molar-refractivity contribution is 7.16. The molecule has 36 heavy (non-hydrogen) atoms. The summed E-state index contributed by atoms with van der Waals surface area (Å²) in [5.41, 5.74) is 0.507. The molecule has 3 aromatic rings. The molecule has 5 rings (SSSR count). The highest BCUT2D eigenvalue weighted by Gasteiger charge is 2.34. The number of rotatable bonds is 6. The van der Waals surface area contributed by atoms with E-state index in [9.17, 15) is 27.6 Å². The van der Waals surface area contributed by atoms with Gasteiger partial charge in [0.15, 0.2) is 5.13 Å². The standard InChI is InChI=1S/C24H19F3N4O4S/c1-35-22(34)16-10-14(24(25,26)27)11-28-21(16)30-23-29-19(20(36-23)13-2-3-13)12-4-6-15(7-5-12)31-17(32)8-9-18(31)33/h4-7,10-11,13H,2-3,8-9H2,1H3,(H,28,29,30). The molecule has 0 bridgehead atoms. The van der Waals surface area contributed by atoms with Crippen molar-refractivity contribution in [1.82, 2.24) is 9.97 Å². The molecule has 3 heterocycles. The van der Waals surface area contributed by atoms with Crippen LogP contribution in [-0.4, -0.2) is 34.9 Å². The lowest BCUT2D eigenvalue weighted by Gasteiger charge is -2.14. The molecular formula is C24H19F3N4O4S. The number of aromatic nitrogens is 2. The maximum Gasteiger partial charge on any atom is 0.417 e. The number of thiazole rings is 1. The monoisotopic (exact) mass is 516 g/mol. The van der Waals surface area contributed by atoms with Gasteiger partial charge < -0.3 is 10.1 Å². The SMILES string of the molecule is COC(=O)c1cc(C(F)(F)F)cnc1Nc1nc(-c2ccc(N3C(=O)CCC3=O)cc2)c(C2CC2)s1. The number of pyridine rings is 1. The normalized spacial score (nSPS) is 15.9. The first kappa shape index (κ1) is 23.9. The van der Waals surface area contributed by atoms with Crippen LogP contribution in [0, 0.1) is 0 Å². The Morgan fingerprint density at radius 3 is 2.39 bits per heavy atom. The number of halogens is 3. The lowest BCUT2D eigenvalue weighted by atomic mass is 10.1. The first-order chi connectivity index (χ1) is 17.2. The fraction of sp³-hybridized carbons (Fsp3) is 0.292. The number of esters is 1. The second-order valence-corrected chi connectivity index (χ2v) is 9.44. The fourth-order valence-electron chi connectivity index (χ4n) is 3.93. The summed E-state index contributed by atoms with van der Waals surface area (Å²) < 4.78 is 44.1. The van der Waals surface area contributed by atoms with Crippen LogP contribution in [0.2, 0.25) is 0 Å². The zero-order valence-corrected chi connectivity index (χ0v) is 19.7. The Balaban J connectivity index is 1.47. The molecule has 1 aliphatic heterocycles. The van der Waals surface area contributed by atoms with Crippen LogP contribution in [0.3, 0.4) is 0 Å². The van der Waals surface area contributed by atoms with Crippen LogP contribution in [0.4, 0.5) is 29.8 Å². The Morgan fingerprint density at radius 1 is 1.14 bits per heavy atom. The van der Waals surface area contributed by atoms with Gasteiger partial charge in [-0.15, -0.1) is 11.3 Å². The Labute approximate surface area is 207 Å². The van der Waals surface area contributed by atoms with Crippen molar-refractivity contribution in [3.05, 3.63) is 52.5 Å². The molecule has 0 spiro atoms. The second-order valence-electron chi connectivity index (χ2n) is 8.41. The molecule has 1 aliphatic carbocycles. The zero-order chi connectivity index (χ0) is 25.6. The summed E-state index contributed by atoms with van der Waals surface area (Å²) in [7, 11) is 1.08. The van der Waals surface area contributed by atoms with Crippen LogP contribution >= 0.6 is 11.3 Å². The van der Waals surface area contributed by atoms with Crippen molar-refractivity contribution in [2.45, 2.75) is 37.8 Å². The van der Waals surface area contributed by atoms with Crippen LogP contribution in [0.15, 0.2) is 36.5 Å². The average Bonchev–Trinajstić information content (AvgIpc) is 3.53. The third-order valence-electron chi connectivity index (χ3n) is 5.90.